The standard InChI is InChI=1S/C18H13NO4S/c1-10-6-7-11-9-15(24-14(11)8-10)18(22)23-19-16(20)12-4-2-3-5-13(12)17(19)21/h2-8,15H,9H2,1H3. The van der Waals surface area contributed by atoms with Gasteiger partial charge in [0.1, 0.15) is 5.25 Å². The number of carbonyl (C=O) groups excluding carboxylic acids is 3. The smallest absolute Gasteiger partial charge is 0.328 e. The first kappa shape index (κ1) is 15.0. The maximum absolute atomic E-state index is 12.4. The van der Waals surface area contributed by atoms with Gasteiger partial charge in [-0.25, -0.2) is 4.79 Å². The summed E-state index contributed by atoms with van der Waals surface area (Å²) in [6.45, 7) is 1.99. The number of fused-ring (bicyclic) bond motifs is 2. The maximum Gasteiger partial charge on any atom is 0.346 e. The summed E-state index contributed by atoms with van der Waals surface area (Å²) in [7, 11) is 0. The van der Waals surface area contributed by atoms with Gasteiger partial charge in [0, 0.05) is 4.90 Å². The van der Waals surface area contributed by atoms with Crippen molar-refractivity contribution in [1.29, 1.82) is 0 Å². The van der Waals surface area contributed by atoms with Crippen molar-refractivity contribution in [3.8, 4) is 0 Å². The Labute approximate surface area is 142 Å². The van der Waals surface area contributed by atoms with Crippen LogP contribution in [0.4, 0.5) is 0 Å². The van der Waals surface area contributed by atoms with Gasteiger partial charge in [0.2, 0.25) is 0 Å². The fourth-order valence-electron chi connectivity index (χ4n) is 2.87. The number of aryl methyl sites for hydroxylation is 1. The molecule has 2 heterocycles. The van der Waals surface area contributed by atoms with Crippen molar-refractivity contribution in [2.45, 2.75) is 23.5 Å². The molecule has 0 aliphatic carbocycles. The molecular formula is C18H13NO4S. The largest absolute Gasteiger partial charge is 0.346 e. The molecular weight excluding hydrogens is 326 g/mol. The molecule has 6 heteroatoms. The highest BCUT2D eigenvalue weighted by Gasteiger charge is 2.40. The molecule has 2 aromatic carbocycles. The number of hydroxylamine groups is 2. The Balaban J connectivity index is 1.50. The predicted octanol–water partition coefficient (Wildman–Crippen LogP) is 2.77. The van der Waals surface area contributed by atoms with Crippen molar-refractivity contribution in [2.24, 2.45) is 0 Å². The van der Waals surface area contributed by atoms with Gasteiger partial charge in [-0.15, -0.1) is 11.8 Å². The number of benzene rings is 2. The molecule has 2 aliphatic rings. The van der Waals surface area contributed by atoms with E-state index in [9.17, 15) is 14.4 Å². The Bertz CT molecular complexity index is 857. The molecule has 5 nitrogen and oxygen atoms in total. The minimum absolute atomic E-state index is 0.258. The minimum atomic E-state index is -0.597. The Morgan fingerprint density at radius 2 is 1.79 bits per heavy atom. The normalized spacial score (nSPS) is 18.5. The predicted molar refractivity (Wildman–Crippen MR) is 87.6 cm³/mol. The molecule has 4 rings (SSSR count). The van der Waals surface area contributed by atoms with Crippen LogP contribution < -0.4 is 0 Å². The Morgan fingerprint density at radius 3 is 2.46 bits per heavy atom. The van der Waals surface area contributed by atoms with E-state index in [1.165, 1.54) is 11.8 Å². The van der Waals surface area contributed by atoms with Crippen molar-refractivity contribution in [2.75, 3.05) is 0 Å². The molecule has 2 aromatic rings. The second-order valence-electron chi connectivity index (χ2n) is 5.78. The van der Waals surface area contributed by atoms with Gasteiger partial charge in [0.15, 0.2) is 0 Å². The quantitative estimate of drug-likeness (QED) is 0.787. The fourth-order valence-corrected chi connectivity index (χ4v) is 4.13. The van der Waals surface area contributed by atoms with E-state index in [1.54, 1.807) is 24.3 Å². The van der Waals surface area contributed by atoms with E-state index >= 15 is 0 Å². The lowest BCUT2D eigenvalue weighted by Crippen LogP contribution is -2.36. The third kappa shape index (κ3) is 2.30. The highest BCUT2D eigenvalue weighted by molar-refractivity contribution is 8.01. The van der Waals surface area contributed by atoms with E-state index in [0.717, 1.165) is 16.0 Å². The highest BCUT2D eigenvalue weighted by atomic mass is 32.2. The van der Waals surface area contributed by atoms with Gasteiger partial charge in [0.05, 0.1) is 11.1 Å². The van der Waals surface area contributed by atoms with Gasteiger partial charge in [-0.05, 0) is 37.1 Å². The summed E-state index contributed by atoms with van der Waals surface area (Å²) in [5.41, 5.74) is 2.71. The van der Waals surface area contributed by atoms with E-state index in [4.69, 9.17) is 4.84 Å². The number of hydrogen-bond acceptors (Lipinski definition) is 5. The van der Waals surface area contributed by atoms with Gasteiger partial charge in [-0.2, -0.15) is 0 Å². The summed E-state index contributed by atoms with van der Waals surface area (Å²) in [4.78, 5) is 43.1. The third-order valence-corrected chi connectivity index (χ3v) is 5.38. The molecule has 2 amide bonds. The summed E-state index contributed by atoms with van der Waals surface area (Å²) < 4.78 is 0. The molecule has 24 heavy (non-hydrogen) atoms. The summed E-state index contributed by atoms with van der Waals surface area (Å²) >= 11 is 1.40. The number of rotatable bonds is 2. The van der Waals surface area contributed by atoms with Crippen LogP contribution in [0, 0.1) is 6.92 Å². The van der Waals surface area contributed by atoms with Crippen molar-refractivity contribution in [3.63, 3.8) is 0 Å². The van der Waals surface area contributed by atoms with Gasteiger partial charge in [-0.1, -0.05) is 34.9 Å². The monoisotopic (exact) mass is 339 g/mol. The molecule has 0 aromatic heterocycles. The molecule has 0 bridgehead atoms. The lowest BCUT2D eigenvalue weighted by atomic mass is 10.1. The molecule has 0 N–H and O–H groups in total. The second kappa shape index (κ2) is 5.49. The maximum atomic E-state index is 12.4. The number of imide groups is 1. The number of amides is 2. The molecule has 2 aliphatic heterocycles. The zero-order valence-electron chi connectivity index (χ0n) is 12.8. The van der Waals surface area contributed by atoms with Crippen LogP contribution in [0.25, 0.3) is 0 Å². The molecule has 1 unspecified atom stereocenters. The lowest BCUT2D eigenvalue weighted by Gasteiger charge is -2.15. The minimum Gasteiger partial charge on any atom is -0.328 e. The van der Waals surface area contributed by atoms with E-state index in [-0.39, 0.29) is 11.1 Å². The molecule has 0 spiro atoms. The van der Waals surface area contributed by atoms with Crippen LogP contribution in [0.5, 0.6) is 0 Å². The van der Waals surface area contributed by atoms with Gasteiger partial charge in [0.25, 0.3) is 11.8 Å². The first-order chi connectivity index (χ1) is 11.5. The highest BCUT2D eigenvalue weighted by Crippen LogP contribution is 2.38. The van der Waals surface area contributed by atoms with Gasteiger partial charge >= 0.3 is 5.97 Å². The molecule has 0 saturated heterocycles. The van der Waals surface area contributed by atoms with Gasteiger partial charge in [-0.3, -0.25) is 9.59 Å². The van der Waals surface area contributed by atoms with Gasteiger partial charge < -0.3 is 4.84 Å². The number of carbonyl (C=O) groups is 3. The first-order valence-corrected chi connectivity index (χ1v) is 8.38. The Hall–Kier alpha value is -2.60. The molecule has 0 fully saturated rings. The van der Waals surface area contributed by atoms with Crippen LogP contribution in [-0.2, 0) is 16.1 Å². The molecule has 1 atom stereocenters. The number of hydrogen-bond donors (Lipinski definition) is 0. The number of nitrogens with zero attached hydrogens (tertiary/aromatic N) is 1. The van der Waals surface area contributed by atoms with Crippen molar-refractivity contribution in [3.05, 3.63) is 64.7 Å². The third-order valence-electron chi connectivity index (χ3n) is 4.10. The van der Waals surface area contributed by atoms with E-state index in [2.05, 4.69) is 0 Å². The average molecular weight is 339 g/mol. The van der Waals surface area contributed by atoms with Crippen LogP contribution in [0.3, 0.4) is 0 Å². The van der Waals surface area contributed by atoms with Crippen LogP contribution in [0.15, 0.2) is 47.4 Å². The zero-order chi connectivity index (χ0) is 16.8. The van der Waals surface area contributed by atoms with Crippen LogP contribution >= 0.6 is 11.8 Å². The Kier molecular flexibility index (Phi) is 3.42. The summed E-state index contributed by atoms with van der Waals surface area (Å²) in [5, 5.41) is 0.119. The molecule has 0 saturated carbocycles. The average Bonchev–Trinajstić information content (AvgIpc) is 3.10. The van der Waals surface area contributed by atoms with Crippen molar-refractivity contribution >= 4 is 29.5 Å². The zero-order valence-corrected chi connectivity index (χ0v) is 13.6. The van der Waals surface area contributed by atoms with E-state index in [1.807, 2.05) is 25.1 Å². The Morgan fingerprint density at radius 1 is 1.12 bits per heavy atom. The van der Waals surface area contributed by atoms with Crippen LogP contribution in [-0.4, -0.2) is 28.1 Å². The second-order valence-corrected chi connectivity index (χ2v) is 7.03. The first-order valence-electron chi connectivity index (χ1n) is 7.50. The van der Waals surface area contributed by atoms with E-state index in [0.29, 0.717) is 11.5 Å². The van der Waals surface area contributed by atoms with Crippen molar-refractivity contribution < 1.29 is 19.2 Å². The summed E-state index contributed by atoms with van der Waals surface area (Å²) in [6.07, 6.45) is 0.530. The number of thioether (sulfide) groups is 1. The van der Waals surface area contributed by atoms with E-state index < -0.39 is 23.0 Å². The molecule has 0 radical (unpaired) electrons. The fraction of sp³-hybridized carbons (Fsp3) is 0.167. The SMILES string of the molecule is Cc1ccc2c(c1)SC(C(=O)ON1C(=O)c3ccccc3C1=O)C2. The van der Waals surface area contributed by atoms with Crippen LogP contribution in [0.1, 0.15) is 31.8 Å². The molecule has 120 valence electrons. The summed E-state index contributed by atoms with van der Waals surface area (Å²) in [6, 6.07) is 12.4. The lowest BCUT2D eigenvalue weighted by molar-refractivity contribution is -0.167. The van der Waals surface area contributed by atoms with Crippen LogP contribution in [0.2, 0.25) is 0 Å². The summed E-state index contributed by atoms with van der Waals surface area (Å²) in [5.74, 6) is -1.77. The van der Waals surface area contributed by atoms with Crippen molar-refractivity contribution in [1.82, 2.24) is 5.06 Å². The topological polar surface area (TPSA) is 63.7 Å².